The Labute approximate surface area is 137 Å². The van der Waals surface area contributed by atoms with E-state index >= 15 is 0 Å². The molecule has 2 aromatic rings. The molecule has 0 aliphatic carbocycles. The predicted molar refractivity (Wildman–Crippen MR) is 89.0 cm³/mol. The molecule has 0 fully saturated rings. The number of nitrogens with zero attached hydrogens (tertiary/aromatic N) is 3. The van der Waals surface area contributed by atoms with E-state index in [-0.39, 0.29) is 16.9 Å². The minimum atomic E-state index is -0.381. The van der Waals surface area contributed by atoms with Crippen LogP contribution in [0.5, 0.6) is 0 Å². The first-order valence-electron chi connectivity index (χ1n) is 6.49. The van der Waals surface area contributed by atoms with E-state index in [1.807, 2.05) is 20.8 Å². The third kappa shape index (κ3) is 3.84. The molecule has 1 aromatic heterocycles. The van der Waals surface area contributed by atoms with E-state index in [1.165, 1.54) is 6.21 Å². The van der Waals surface area contributed by atoms with E-state index in [0.717, 1.165) is 0 Å². The summed E-state index contributed by atoms with van der Waals surface area (Å²) in [6, 6.07) is 5.15. The standard InChI is InChI=1S/C14H15Cl2N5O/c1-14(2,3)11-12(22)18-13(21-19-11)20-17-7-8-9(15)5-4-6-10(8)16/h4-7H,1-3H3,(H2,18,20,21,22)/b17-7-. The molecule has 0 saturated heterocycles. The van der Waals surface area contributed by atoms with Crippen molar-refractivity contribution in [2.75, 3.05) is 5.43 Å². The zero-order valence-electron chi connectivity index (χ0n) is 12.3. The Morgan fingerprint density at radius 3 is 2.41 bits per heavy atom. The van der Waals surface area contributed by atoms with Gasteiger partial charge in [-0.15, -0.1) is 10.2 Å². The molecule has 116 valence electrons. The molecule has 6 nitrogen and oxygen atoms in total. The lowest BCUT2D eigenvalue weighted by molar-refractivity contribution is 0.547. The number of anilines is 1. The van der Waals surface area contributed by atoms with Gasteiger partial charge in [-0.3, -0.25) is 9.78 Å². The Morgan fingerprint density at radius 2 is 1.86 bits per heavy atom. The molecule has 0 amide bonds. The smallest absolute Gasteiger partial charge is 0.274 e. The largest absolute Gasteiger partial charge is 0.288 e. The molecule has 1 aromatic carbocycles. The lowest BCUT2D eigenvalue weighted by Gasteiger charge is -2.15. The molecule has 0 atom stereocenters. The van der Waals surface area contributed by atoms with Gasteiger partial charge in [-0.05, 0) is 12.1 Å². The van der Waals surface area contributed by atoms with Crippen molar-refractivity contribution in [3.63, 3.8) is 0 Å². The average Bonchev–Trinajstić information content (AvgIpc) is 2.40. The summed E-state index contributed by atoms with van der Waals surface area (Å²) < 4.78 is 0. The van der Waals surface area contributed by atoms with Crippen molar-refractivity contribution in [1.29, 1.82) is 0 Å². The van der Waals surface area contributed by atoms with E-state index in [1.54, 1.807) is 18.2 Å². The van der Waals surface area contributed by atoms with E-state index in [0.29, 0.717) is 21.3 Å². The Hall–Kier alpha value is -1.92. The Kier molecular flexibility index (Phi) is 4.83. The molecule has 2 rings (SSSR count). The van der Waals surface area contributed by atoms with Crippen LogP contribution in [0, 0.1) is 0 Å². The van der Waals surface area contributed by atoms with Crippen molar-refractivity contribution < 1.29 is 0 Å². The fraction of sp³-hybridized carbons (Fsp3) is 0.286. The van der Waals surface area contributed by atoms with Gasteiger partial charge >= 0.3 is 0 Å². The molecule has 0 radical (unpaired) electrons. The monoisotopic (exact) mass is 339 g/mol. The third-order valence-corrected chi connectivity index (χ3v) is 3.43. The normalized spacial score (nSPS) is 11.9. The van der Waals surface area contributed by atoms with Crippen LogP contribution < -0.4 is 11.0 Å². The van der Waals surface area contributed by atoms with Crippen LogP contribution in [0.15, 0.2) is 28.1 Å². The first kappa shape index (κ1) is 16.5. The van der Waals surface area contributed by atoms with E-state index < -0.39 is 0 Å². The highest BCUT2D eigenvalue weighted by Crippen LogP contribution is 2.22. The van der Waals surface area contributed by atoms with Gasteiger partial charge in [0.2, 0.25) is 5.95 Å². The number of hydrogen-bond acceptors (Lipinski definition) is 5. The maximum absolute atomic E-state index is 11.9. The van der Waals surface area contributed by atoms with E-state index in [9.17, 15) is 4.79 Å². The lowest BCUT2D eigenvalue weighted by Crippen LogP contribution is -2.28. The summed E-state index contributed by atoms with van der Waals surface area (Å²) in [6.07, 6.45) is 1.45. The third-order valence-electron chi connectivity index (χ3n) is 2.77. The fourth-order valence-electron chi connectivity index (χ4n) is 1.67. The number of halogens is 2. The lowest BCUT2D eigenvalue weighted by atomic mass is 9.93. The molecular weight excluding hydrogens is 325 g/mol. The Bertz CT molecular complexity index is 744. The number of hydrogen-bond donors (Lipinski definition) is 2. The molecule has 0 spiro atoms. The van der Waals surface area contributed by atoms with Gasteiger partial charge < -0.3 is 0 Å². The zero-order valence-corrected chi connectivity index (χ0v) is 13.8. The SMILES string of the molecule is CC(C)(C)c1nnc(N/N=C\c2c(Cl)cccc2Cl)[nH]c1=O. The molecule has 1 heterocycles. The quantitative estimate of drug-likeness (QED) is 0.664. The highest BCUT2D eigenvalue weighted by Gasteiger charge is 2.20. The molecule has 0 aliphatic heterocycles. The number of benzene rings is 1. The van der Waals surface area contributed by atoms with Crippen LogP contribution in [0.4, 0.5) is 5.95 Å². The van der Waals surface area contributed by atoms with Crippen LogP contribution in [-0.4, -0.2) is 21.4 Å². The van der Waals surface area contributed by atoms with Gasteiger partial charge in [0.15, 0.2) is 0 Å². The predicted octanol–water partition coefficient (Wildman–Crippen LogP) is 3.22. The van der Waals surface area contributed by atoms with Crippen molar-refractivity contribution in [3.05, 3.63) is 49.9 Å². The van der Waals surface area contributed by atoms with Gasteiger partial charge in [-0.25, -0.2) is 5.43 Å². The van der Waals surface area contributed by atoms with Crippen LogP contribution in [-0.2, 0) is 5.41 Å². The van der Waals surface area contributed by atoms with Crippen LogP contribution in [0.25, 0.3) is 0 Å². The van der Waals surface area contributed by atoms with Gasteiger partial charge in [0.25, 0.3) is 5.56 Å². The van der Waals surface area contributed by atoms with Gasteiger partial charge in [0, 0.05) is 11.0 Å². The zero-order chi connectivity index (χ0) is 16.3. The Balaban J connectivity index is 2.17. The van der Waals surface area contributed by atoms with E-state index in [4.69, 9.17) is 23.2 Å². The summed E-state index contributed by atoms with van der Waals surface area (Å²) in [5.74, 6) is 0.137. The summed E-state index contributed by atoms with van der Waals surface area (Å²) in [5, 5.41) is 12.7. The van der Waals surface area contributed by atoms with Crippen LogP contribution in [0.3, 0.4) is 0 Å². The summed E-state index contributed by atoms with van der Waals surface area (Å²) in [6.45, 7) is 5.66. The molecule has 0 saturated carbocycles. The first-order valence-corrected chi connectivity index (χ1v) is 7.25. The number of aromatic amines is 1. The number of hydrazone groups is 1. The molecule has 0 unspecified atom stereocenters. The summed E-state index contributed by atoms with van der Waals surface area (Å²) in [5.41, 5.74) is 2.83. The van der Waals surface area contributed by atoms with Gasteiger partial charge in [-0.1, -0.05) is 50.0 Å². The highest BCUT2D eigenvalue weighted by molar-refractivity contribution is 6.38. The number of rotatable bonds is 3. The summed E-state index contributed by atoms with van der Waals surface area (Å²) in [7, 11) is 0. The van der Waals surface area contributed by atoms with Crippen molar-refractivity contribution in [2.24, 2.45) is 5.10 Å². The number of nitrogens with one attached hydrogen (secondary N) is 2. The summed E-state index contributed by atoms with van der Waals surface area (Å²) >= 11 is 12.0. The topological polar surface area (TPSA) is 83.0 Å². The maximum atomic E-state index is 11.9. The molecular formula is C14H15Cl2N5O. The molecule has 8 heteroatoms. The first-order chi connectivity index (χ1) is 10.3. The second-order valence-electron chi connectivity index (χ2n) is 5.61. The van der Waals surface area contributed by atoms with Gasteiger partial charge in [0.05, 0.1) is 16.3 Å². The fourth-order valence-corrected chi connectivity index (χ4v) is 2.17. The molecule has 22 heavy (non-hydrogen) atoms. The minimum absolute atomic E-state index is 0.137. The van der Waals surface area contributed by atoms with Crippen LogP contribution >= 0.6 is 23.2 Å². The second-order valence-corrected chi connectivity index (χ2v) is 6.42. The molecule has 2 N–H and O–H groups in total. The number of H-pyrrole nitrogens is 1. The van der Waals surface area contributed by atoms with Gasteiger partial charge in [-0.2, -0.15) is 5.10 Å². The van der Waals surface area contributed by atoms with Crippen molar-refractivity contribution in [1.82, 2.24) is 15.2 Å². The molecule has 0 aliphatic rings. The van der Waals surface area contributed by atoms with E-state index in [2.05, 4.69) is 25.7 Å². The highest BCUT2D eigenvalue weighted by atomic mass is 35.5. The second kappa shape index (κ2) is 6.46. The summed E-state index contributed by atoms with van der Waals surface area (Å²) in [4.78, 5) is 14.5. The maximum Gasteiger partial charge on any atom is 0.274 e. The van der Waals surface area contributed by atoms with Crippen molar-refractivity contribution in [3.8, 4) is 0 Å². The van der Waals surface area contributed by atoms with Crippen LogP contribution in [0.1, 0.15) is 32.0 Å². The van der Waals surface area contributed by atoms with Crippen molar-refractivity contribution in [2.45, 2.75) is 26.2 Å². The Morgan fingerprint density at radius 1 is 1.23 bits per heavy atom. The minimum Gasteiger partial charge on any atom is -0.288 e. The molecule has 0 bridgehead atoms. The van der Waals surface area contributed by atoms with Crippen LogP contribution in [0.2, 0.25) is 10.0 Å². The number of aromatic nitrogens is 3. The van der Waals surface area contributed by atoms with Gasteiger partial charge in [0.1, 0.15) is 5.69 Å². The average molecular weight is 340 g/mol. The van der Waals surface area contributed by atoms with Crippen molar-refractivity contribution >= 4 is 35.4 Å².